The van der Waals surface area contributed by atoms with Crippen LogP contribution in [0, 0.1) is 19.7 Å². The summed E-state index contributed by atoms with van der Waals surface area (Å²) in [4.78, 5) is 13.0. The van der Waals surface area contributed by atoms with Gasteiger partial charge in [-0.1, -0.05) is 47.5 Å². The summed E-state index contributed by atoms with van der Waals surface area (Å²) in [5, 5.41) is 8.41. The molecule has 5 nitrogen and oxygen atoms in total. The molecule has 34 heavy (non-hydrogen) atoms. The summed E-state index contributed by atoms with van der Waals surface area (Å²) in [6.45, 7) is 4.34. The second-order valence-electron chi connectivity index (χ2n) is 7.84. The van der Waals surface area contributed by atoms with Crippen LogP contribution in [0.25, 0.3) is 0 Å². The minimum atomic E-state index is -0.393. The van der Waals surface area contributed by atoms with Gasteiger partial charge in [0, 0.05) is 15.6 Å². The topological polar surface area (TPSA) is 56.2 Å². The molecule has 0 saturated carbocycles. The van der Waals surface area contributed by atoms with Crippen LogP contribution in [0.1, 0.15) is 32.9 Å². The molecule has 0 aliphatic heterocycles. The van der Waals surface area contributed by atoms with Crippen molar-refractivity contribution in [3.63, 3.8) is 0 Å². The zero-order valence-corrected chi connectivity index (χ0v) is 20.1. The van der Waals surface area contributed by atoms with Gasteiger partial charge in [0.25, 0.3) is 5.91 Å². The molecular formula is C26H22Cl2FN3O2. The maximum absolute atomic E-state index is 13.4. The van der Waals surface area contributed by atoms with Crippen LogP contribution >= 0.6 is 23.2 Å². The number of amides is 1. The lowest BCUT2D eigenvalue weighted by Crippen LogP contribution is -2.14. The van der Waals surface area contributed by atoms with Crippen molar-refractivity contribution in [2.75, 3.05) is 5.32 Å². The standard InChI is InChI=1S/C26H22Cl2FN3O2/c1-16-25(17(2)32(31-16)14-20-9-10-22(29)13-24(20)28)30-26(33)19-6-3-5-18(11-19)15-34-23-8-4-7-21(27)12-23/h3-13H,14-15H2,1-2H3,(H,30,33). The summed E-state index contributed by atoms with van der Waals surface area (Å²) in [5.74, 6) is 0.00714. The first-order valence-electron chi connectivity index (χ1n) is 10.6. The molecule has 0 unspecified atom stereocenters. The third-order valence-electron chi connectivity index (χ3n) is 5.35. The van der Waals surface area contributed by atoms with E-state index in [4.69, 9.17) is 27.9 Å². The van der Waals surface area contributed by atoms with E-state index in [1.807, 2.05) is 38.1 Å². The number of hydrogen-bond donors (Lipinski definition) is 1. The molecular weight excluding hydrogens is 476 g/mol. The van der Waals surface area contributed by atoms with E-state index in [-0.39, 0.29) is 5.91 Å². The van der Waals surface area contributed by atoms with Crippen molar-refractivity contribution in [2.24, 2.45) is 0 Å². The highest BCUT2D eigenvalue weighted by molar-refractivity contribution is 6.31. The van der Waals surface area contributed by atoms with E-state index in [1.54, 1.807) is 35.0 Å². The van der Waals surface area contributed by atoms with Gasteiger partial charge < -0.3 is 10.1 Å². The number of hydrogen-bond acceptors (Lipinski definition) is 3. The van der Waals surface area contributed by atoms with Gasteiger partial charge in [0.1, 0.15) is 18.2 Å². The molecule has 1 aromatic heterocycles. The smallest absolute Gasteiger partial charge is 0.255 e. The van der Waals surface area contributed by atoms with Crippen LogP contribution in [-0.4, -0.2) is 15.7 Å². The summed E-state index contributed by atoms with van der Waals surface area (Å²) >= 11 is 12.2. The summed E-state index contributed by atoms with van der Waals surface area (Å²) in [6, 6.07) is 18.6. The fourth-order valence-corrected chi connectivity index (χ4v) is 3.96. The van der Waals surface area contributed by atoms with E-state index < -0.39 is 5.82 Å². The average Bonchev–Trinajstić information content (AvgIpc) is 3.07. The van der Waals surface area contributed by atoms with Crippen molar-refractivity contribution >= 4 is 34.8 Å². The minimum Gasteiger partial charge on any atom is -0.489 e. The van der Waals surface area contributed by atoms with Crippen molar-refractivity contribution in [2.45, 2.75) is 27.0 Å². The summed E-state index contributed by atoms with van der Waals surface area (Å²) in [5.41, 5.74) is 4.15. The number of halogens is 3. The second kappa shape index (κ2) is 10.3. The first-order valence-corrected chi connectivity index (χ1v) is 11.3. The van der Waals surface area contributed by atoms with E-state index in [2.05, 4.69) is 10.4 Å². The molecule has 0 radical (unpaired) electrons. The number of nitrogens with one attached hydrogen (secondary N) is 1. The van der Waals surface area contributed by atoms with E-state index in [0.717, 1.165) is 16.8 Å². The SMILES string of the molecule is Cc1nn(Cc2ccc(F)cc2Cl)c(C)c1NC(=O)c1cccc(COc2cccc(Cl)c2)c1. The number of aromatic nitrogens is 2. The molecule has 1 heterocycles. The van der Waals surface area contributed by atoms with Crippen molar-refractivity contribution in [1.82, 2.24) is 9.78 Å². The van der Waals surface area contributed by atoms with Gasteiger partial charge in [0.2, 0.25) is 0 Å². The number of carbonyl (C=O) groups excluding carboxylic acids is 1. The molecule has 174 valence electrons. The second-order valence-corrected chi connectivity index (χ2v) is 8.68. The fraction of sp³-hybridized carbons (Fsp3) is 0.154. The van der Waals surface area contributed by atoms with Gasteiger partial charge in [-0.25, -0.2) is 4.39 Å². The minimum absolute atomic E-state index is 0.254. The Bertz CT molecular complexity index is 1350. The Morgan fingerprint density at radius 2 is 1.85 bits per heavy atom. The lowest BCUT2D eigenvalue weighted by molar-refractivity contribution is 0.102. The molecule has 4 rings (SSSR count). The normalized spacial score (nSPS) is 10.9. The lowest BCUT2D eigenvalue weighted by Gasteiger charge is -2.10. The van der Waals surface area contributed by atoms with Crippen molar-refractivity contribution < 1.29 is 13.9 Å². The number of rotatable bonds is 7. The zero-order valence-electron chi connectivity index (χ0n) is 18.6. The highest BCUT2D eigenvalue weighted by Crippen LogP contribution is 2.24. The van der Waals surface area contributed by atoms with Crippen LogP contribution in [0.3, 0.4) is 0 Å². The van der Waals surface area contributed by atoms with E-state index in [9.17, 15) is 9.18 Å². The number of benzene rings is 3. The van der Waals surface area contributed by atoms with Crippen LogP contribution in [0.15, 0.2) is 66.7 Å². The number of anilines is 1. The Labute approximate surface area is 207 Å². The Morgan fingerprint density at radius 3 is 2.62 bits per heavy atom. The summed E-state index contributed by atoms with van der Waals surface area (Å²) < 4.78 is 20.9. The third kappa shape index (κ3) is 5.58. The molecule has 0 atom stereocenters. The zero-order chi connectivity index (χ0) is 24.2. The number of aryl methyl sites for hydroxylation is 1. The predicted octanol–water partition coefficient (Wildman–Crippen LogP) is 6.83. The van der Waals surface area contributed by atoms with Gasteiger partial charge in [0.05, 0.1) is 23.6 Å². The maximum atomic E-state index is 13.4. The van der Waals surface area contributed by atoms with Gasteiger partial charge >= 0.3 is 0 Å². The number of ether oxygens (including phenoxy) is 1. The quantitative estimate of drug-likeness (QED) is 0.304. The van der Waals surface area contributed by atoms with Crippen LogP contribution in [-0.2, 0) is 13.2 Å². The first-order chi connectivity index (χ1) is 16.3. The number of carbonyl (C=O) groups is 1. The molecule has 4 aromatic rings. The van der Waals surface area contributed by atoms with Gasteiger partial charge in [-0.3, -0.25) is 9.48 Å². The molecule has 8 heteroatoms. The highest BCUT2D eigenvalue weighted by Gasteiger charge is 2.16. The summed E-state index contributed by atoms with van der Waals surface area (Å²) in [7, 11) is 0. The Morgan fingerprint density at radius 1 is 1.06 bits per heavy atom. The van der Waals surface area contributed by atoms with Crippen molar-refractivity contribution in [3.05, 3.63) is 111 Å². The monoisotopic (exact) mass is 497 g/mol. The van der Waals surface area contributed by atoms with E-state index in [1.165, 1.54) is 12.1 Å². The predicted molar refractivity (Wildman–Crippen MR) is 132 cm³/mol. The lowest BCUT2D eigenvalue weighted by atomic mass is 10.1. The first kappa shape index (κ1) is 23.8. The van der Waals surface area contributed by atoms with Gasteiger partial charge in [-0.05, 0) is 67.4 Å². The molecule has 0 fully saturated rings. The van der Waals surface area contributed by atoms with E-state index >= 15 is 0 Å². The molecule has 0 aliphatic rings. The van der Waals surface area contributed by atoms with Gasteiger partial charge in [-0.2, -0.15) is 5.10 Å². The molecule has 0 saturated heterocycles. The Balaban J connectivity index is 1.47. The maximum Gasteiger partial charge on any atom is 0.255 e. The number of nitrogens with zero attached hydrogens (tertiary/aromatic N) is 2. The van der Waals surface area contributed by atoms with Crippen molar-refractivity contribution in [3.8, 4) is 5.75 Å². The van der Waals surface area contributed by atoms with Crippen molar-refractivity contribution in [1.29, 1.82) is 0 Å². The van der Waals surface area contributed by atoms with E-state index in [0.29, 0.717) is 45.9 Å². The van der Waals surface area contributed by atoms with Gasteiger partial charge in [-0.15, -0.1) is 0 Å². The molecule has 0 aliphatic carbocycles. The average molecular weight is 498 g/mol. The molecule has 3 aromatic carbocycles. The van der Waals surface area contributed by atoms with Crippen LogP contribution in [0.2, 0.25) is 10.0 Å². The molecule has 0 bridgehead atoms. The Kier molecular flexibility index (Phi) is 7.20. The Hall–Kier alpha value is -3.35. The molecule has 1 amide bonds. The third-order valence-corrected chi connectivity index (χ3v) is 5.93. The molecule has 1 N–H and O–H groups in total. The van der Waals surface area contributed by atoms with Gasteiger partial charge in [0.15, 0.2) is 0 Å². The van der Waals surface area contributed by atoms with Crippen LogP contribution in [0.4, 0.5) is 10.1 Å². The largest absolute Gasteiger partial charge is 0.489 e. The fourth-order valence-electron chi connectivity index (χ4n) is 3.55. The molecule has 0 spiro atoms. The highest BCUT2D eigenvalue weighted by atomic mass is 35.5. The van der Waals surface area contributed by atoms with Crippen LogP contribution < -0.4 is 10.1 Å². The summed E-state index contributed by atoms with van der Waals surface area (Å²) in [6.07, 6.45) is 0. The van der Waals surface area contributed by atoms with Crippen LogP contribution in [0.5, 0.6) is 5.75 Å².